The van der Waals surface area contributed by atoms with Crippen molar-refractivity contribution < 1.29 is 14.3 Å². The Kier molecular flexibility index (Phi) is 15.9. The summed E-state index contributed by atoms with van der Waals surface area (Å²) in [6, 6.07) is 0.954. The molecule has 3 heterocycles. The highest BCUT2D eigenvalue weighted by atomic mass is 35.5. The van der Waals surface area contributed by atoms with E-state index in [0.29, 0.717) is 25.1 Å². The lowest BCUT2D eigenvalue weighted by Crippen LogP contribution is -2.57. The molecule has 3 aliphatic heterocycles. The summed E-state index contributed by atoms with van der Waals surface area (Å²) < 4.78 is 5.26. The number of amides is 2. The fourth-order valence-electron chi connectivity index (χ4n) is 4.45. The zero-order valence-electron chi connectivity index (χ0n) is 19.4. The number of likely N-dealkylation sites (tertiary alicyclic amines) is 1. The molecule has 0 saturated carbocycles. The number of nitrogens with zero attached hydrogens (tertiary/aromatic N) is 3. The third-order valence-electron chi connectivity index (χ3n) is 6.27. The minimum Gasteiger partial charge on any atom is -0.464 e. The predicted octanol–water partition coefficient (Wildman–Crippen LogP) is 1.99. The summed E-state index contributed by atoms with van der Waals surface area (Å²) in [4.78, 5) is 31.2. The first-order chi connectivity index (χ1) is 14.0. The van der Waals surface area contributed by atoms with E-state index >= 15 is 0 Å². The molecule has 0 spiro atoms. The van der Waals surface area contributed by atoms with E-state index in [4.69, 9.17) is 4.74 Å². The average Bonchev–Trinajstić information content (AvgIpc) is 2.74. The summed E-state index contributed by atoms with van der Waals surface area (Å²) in [5.41, 5.74) is 0. The zero-order valence-corrected chi connectivity index (χ0v) is 21.9. The normalized spacial score (nSPS) is 21.2. The molecule has 0 bridgehead atoms. The molecule has 0 aromatic carbocycles. The number of hydrogen-bond donors (Lipinski definition) is 2. The highest BCUT2D eigenvalue weighted by molar-refractivity contribution is 5.86. The number of piperazine rings is 1. The van der Waals surface area contributed by atoms with E-state index in [9.17, 15) is 9.59 Å². The number of esters is 1. The SMILES string of the molecule is CC(C)COC(=O)CN1CCC(NC(=O)N2CCN(C3CCNCC3)CC2)CC1.Cl.Cl.Cl. The van der Waals surface area contributed by atoms with E-state index < -0.39 is 0 Å². The van der Waals surface area contributed by atoms with E-state index in [1.807, 2.05) is 18.7 Å². The van der Waals surface area contributed by atoms with Gasteiger partial charge in [0.2, 0.25) is 0 Å². The van der Waals surface area contributed by atoms with Crippen LogP contribution in [0.1, 0.15) is 39.5 Å². The molecule has 2 amide bonds. The highest BCUT2D eigenvalue weighted by Gasteiger charge is 2.29. The van der Waals surface area contributed by atoms with E-state index in [0.717, 1.165) is 65.2 Å². The van der Waals surface area contributed by atoms with E-state index in [-0.39, 0.29) is 55.3 Å². The molecule has 0 unspecified atom stereocenters. The monoisotopic (exact) mass is 517 g/mol. The van der Waals surface area contributed by atoms with Crippen LogP contribution in [-0.4, -0.2) is 104 Å². The van der Waals surface area contributed by atoms with Crippen LogP contribution < -0.4 is 10.6 Å². The second kappa shape index (κ2) is 16.2. The number of carbonyl (C=O) groups excluding carboxylic acids is 2. The molecular weight excluding hydrogens is 477 g/mol. The number of carbonyl (C=O) groups is 2. The van der Waals surface area contributed by atoms with Crippen molar-refractivity contribution in [2.24, 2.45) is 5.92 Å². The smallest absolute Gasteiger partial charge is 0.320 e. The van der Waals surface area contributed by atoms with Crippen LogP contribution in [0.15, 0.2) is 0 Å². The van der Waals surface area contributed by atoms with Gasteiger partial charge in [0.1, 0.15) is 0 Å². The minimum atomic E-state index is -0.146. The number of hydrogen-bond acceptors (Lipinski definition) is 6. The van der Waals surface area contributed by atoms with Gasteiger partial charge in [-0.25, -0.2) is 4.79 Å². The van der Waals surface area contributed by atoms with Gasteiger partial charge in [0.05, 0.1) is 13.2 Å². The molecule has 0 atom stereocenters. The maximum Gasteiger partial charge on any atom is 0.320 e. The van der Waals surface area contributed by atoms with Crippen LogP contribution in [0.4, 0.5) is 4.79 Å². The molecule has 3 fully saturated rings. The number of ether oxygens (including phenoxy) is 1. The molecule has 0 aromatic rings. The summed E-state index contributed by atoms with van der Waals surface area (Å²) in [7, 11) is 0. The molecule has 3 saturated heterocycles. The predicted molar refractivity (Wildman–Crippen MR) is 135 cm³/mol. The number of nitrogens with one attached hydrogen (secondary N) is 2. The molecule has 2 N–H and O–H groups in total. The van der Waals surface area contributed by atoms with Crippen molar-refractivity contribution >= 4 is 49.2 Å². The lowest BCUT2D eigenvalue weighted by molar-refractivity contribution is -0.146. The molecule has 32 heavy (non-hydrogen) atoms. The summed E-state index contributed by atoms with van der Waals surface area (Å²) in [5, 5.41) is 6.63. The van der Waals surface area contributed by atoms with Crippen molar-refractivity contribution in [3.8, 4) is 0 Å². The Hall–Kier alpha value is -0.510. The lowest BCUT2D eigenvalue weighted by Gasteiger charge is -2.41. The molecule has 0 aromatic heterocycles. The standard InChI is InChI=1S/C21H39N5O3.3ClH/c1-17(2)16-29-20(27)15-24-9-5-18(6-10-24)23-21(28)26-13-11-25(12-14-26)19-3-7-22-8-4-19;;;/h17-19,22H,3-16H2,1-2H3,(H,23,28);3*1H. The maximum atomic E-state index is 12.7. The first-order valence-electron chi connectivity index (χ1n) is 11.4. The summed E-state index contributed by atoms with van der Waals surface area (Å²) >= 11 is 0. The van der Waals surface area contributed by atoms with Gasteiger partial charge in [0, 0.05) is 51.4 Å². The van der Waals surface area contributed by atoms with Gasteiger partial charge in [0.25, 0.3) is 0 Å². The Balaban J connectivity index is 0.00000320. The molecule has 3 rings (SSSR count). The highest BCUT2D eigenvalue weighted by Crippen LogP contribution is 2.15. The van der Waals surface area contributed by atoms with Crippen molar-refractivity contribution in [3.63, 3.8) is 0 Å². The lowest BCUT2D eigenvalue weighted by atomic mass is 10.0. The second-order valence-corrected chi connectivity index (χ2v) is 9.08. The first kappa shape index (κ1) is 31.5. The van der Waals surface area contributed by atoms with Crippen LogP contribution in [0, 0.1) is 5.92 Å². The number of urea groups is 1. The van der Waals surface area contributed by atoms with Crippen molar-refractivity contribution in [2.45, 2.75) is 51.6 Å². The van der Waals surface area contributed by atoms with Crippen molar-refractivity contribution in [2.75, 3.05) is 65.5 Å². The molecular formula is C21H42Cl3N5O3. The van der Waals surface area contributed by atoms with Crippen LogP contribution in [0.2, 0.25) is 0 Å². The van der Waals surface area contributed by atoms with E-state index in [2.05, 4.69) is 20.4 Å². The largest absolute Gasteiger partial charge is 0.464 e. The summed E-state index contributed by atoms with van der Waals surface area (Å²) in [6.45, 7) is 12.4. The van der Waals surface area contributed by atoms with Crippen molar-refractivity contribution in [3.05, 3.63) is 0 Å². The van der Waals surface area contributed by atoms with Crippen LogP contribution in [0.25, 0.3) is 0 Å². The Morgan fingerprint density at radius 2 is 1.53 bits per heavy atom. The topological polar surface area (TPSA) is 77.2 Å². The van der Waals surface area contributed by atoms with Crippen LogP contribution in [0.5, 0.6) is 0 Å². The van der Waals surface area contributed by atoms with Crippen molar-refractivity contribution in [1.82, 2.24) is 25.3 Å². The molecule has 0 aliphatic carbocycles. The molecule has 190 valence electrons. The van der Waals surface area contributed by atoms with Crippen LogP contribution in [-0.2, 0) is 9.53 Å². The number of halogens is 3. The Morgan fingerprint density at radius 3 is 2.09 bits per heavy atom. The molecule has 8 nitrogen and oxygen atoms in total. The third-order valence-corrected chi connectivity index (χ3v) is 6.27. The molecule has 11 heteroatoms. The van der Waals surface area contributed by atoms with Crippen LogP contribution in [0.3, 0.4) is 0 Å². The minimum absolute atomic E-state index is 0. The Labute approximate surface area is 211 Å². The van der Waals surface area contributed by atoms with Gasteiger partial charge in [-0.2, -0.15) is 0 Å². The zero-order chi connectivity index (χ0) is 20.6. The summed E-state index contributed by atoms with van der Waals surface area (Å²) in [5.74, 6) is 0.217. The third kappa shape index (κ3) is 10.2. The maximum absolute atomic E-state index is 12.7. The number of piperidine rings is 2. The first-order valence-corrected chi connectivity index (χ1v) is 11.4. The molecule has 0 radical (unpaired) electrons. The van der Waals surface area contributed by atoms with Gasteiger partial charge in [-0.1, -0.05) is 13.8 Å². The van der Waals surface area contributed by atoms with E-state index in [1.54, 1.807) is 0 Å². The number of rotatable bonds is 6. The van der Waals surface area contributed by atoms with Gasteiger partial charge in [-0.05, 0) is 44.7 Å². The van der Waals surface area contributed by atoms with Gasteiger partial charge >= 0.3 is 12.0 Å². The van der Waals surface area contributed by atoms with Crippen molar-refractivity contribution in [1.29, 1.82) is 0 Å². The second-order valence-electron chi connectivity index (χ2n) is 9.08. The van der Waals surface area contributed by atoms with Gasteiger partial charge < -0.3 is 20.3 Å². The quantitative estimate of drug-likeness (QED) is 0.524. The Bertz CT molecular complexity index is 537. The average molecular weight is 519 g/mol. The van der Waals surface area contributed by atoms with E-state index in [1.165, 1.54) is 12.8 Å². The summed E-state index contributed by atoms with van der Waals surface area (Å²) in [6.07, 6.45) is 4.21. The fourth-order valence-corrected chi connectivity index (χ4v) is 4.45. The van der Waals surface area contributed by atoms with Gasteiger partial charge in [0.15, 0.2) is 0 Å². The van der Waals surface area contributed by atoms with Gasteiger partial charge in [-0.15, -0.1) is 37.2 Å². The fraction of sp³-hybridized carbons (Fsp3) is 0.905. The molecule has 3 aliphatic rings. The Morgan fingerprint density at radius 1 is 0.938 bits per heavy atom. The van der Waals surface area contributed by atoms with Crippen LogP contribution >= 0.6 is 37.2 Å². The van der Waals surface area contributed by atoms with Gasteiger partial charge in [-0.3, -0.25) is 14.6 Å².